The topological polar surface area (TPSA) is 30.5 Å². The van der Waals surface area contributed by atoms with Gasteiger partial charge in [0.1, 0.15) is 0 Å². The Balaban J connectivity index is 1.10. The van der Waals surface area contributed by atoms with Gasteiger partial charge < -0.3 is 10.6 Å². The van der Waals surface area contributed by atoms with Gasteiger partial charge in [-0.15, -0.1) is 0 Å². The minimum Gasteiger partial charge on any atom is -0.314 e. The van der Waals surface area contributed by atoms with Crippen LogP contribution in [0.2, 0.25) is 0 Å². The molecule has 0 saturated carbocycles. The predicted molar refractivity (Wildman–Crippen MR) is 125 cm³/mol. The summed E-state index contributed by atoms with van der Waals surface area (Å²) in [7, 11) is 0. The van der Waals surface area contributed by atoms with Crippen LogP contribution < -0.4 is 10.6 Å². The maximum atomic E-state index is 3.70. The molecule has 2 saturated heterocycles. The van der Waals surface area contributed by atoms with E-state index >= 15 is 0 Å². The molecule has 30 heavy (non-hydrogen) atoms. The minimum atomic E-state index is 0.682. The summed E-state index contributed by atoms with van der Waals surface area (Å²) in [5.41, 5.74) is 2.87. The van der Waals surface area contributed by atoms with Gasteiger partial charge in [-0.1, -0.05) is 60.7 Å². The summed E-state index contributed by atoms with van der Waals surface area (Å²) in [5, 5.41) is 7.40. The highest BCUT2D eigenvalue weighted by molar-refractivity contribution is 5.15. The molecule has 2 aromatic carbocycles. The Bertz CT molecular complexity index is 657. The third-order valence-corrected chi connectivity index (χ3v) is 6.69. The van der Waals surface area contributed by atoms with E-state index in [9.17, 15) is 0 Å². The van der Waals surface area contributed by atoms with Gasteiger partial charge in [0.05, 0.1) is 0 Å². The fraction of sp³-hybridized carbons (Fsp3) is 0.538. The number of hydrogen-bond acceptors (Lipinski definition) is 4. The Hall–Kier alpha value is -1.72. The number of rotatable bonds is 11. The van der Waals surface area contributed by atoms with E-state index < -0.39 is 0 Å². The molecule has 0 radical (unpaired) electrons. The lowest BCUT2D eigenvalue weighted by Gasteiger charge is -2.26. The number of benzene rings is 2. The zero-order chi connectivity index (χ0) is 20.4. The molecule has 2 aromatic rings. The Morgan fingerprint density at radius 3 is 1.50 bits per heavy atom. The molecule has 0 amide bonds. The molecule has 0 unspecified atom stereocenters. The van der Waals surface area contributed by atoms with E-state index in [0.29, 0.717) is 12.1 Å². The van der Waals surface area contributed by atoms with Crippen molar-refractivity contribution >= 4 is 0 Å². The first-order valence-electron chi connectivity index (χ1n) is 11.9. The van der Waals surface area contributed by atoms with Crippen molar-refractivity contribution in [3.8, 4) is 0 Å². The fourth-order valence-corrected chi connectivity index (χ4v) is 5.02. The van der Waals surface area contributed by atoms with Crippen LogP contribution in [-0.2, 0) is 13.1 Å². The summed E-state index contributed by atoms with van der Waals surface area (Å²) >= 11 is 0. The molecule has 0 spiro atoms. The Morgan fingerprint density at radius 2 is 1.07 bits per heavy atom. The van der Waals surface area contributed by atoms with Crippen LogP contribution >= 0.6 is 0 Å². The molecule has 2 heterocycles. The second kappa shape index (κ2) is 11.6. The Morgan fingerprint density at radius 1 is 0.633 bits per heavy atom. The SMILES string of the molecule is c1ccc(CN2CCC[C@H]2CNCCNC[C@@H]2CCCN2Cc2ccccc2)cc1. The van der Waals surface area contributed by atoms with Gasteiger partial charge in [-0.25, -0.2) is 0 Å². The summed E-state index contributed by atoms with van der Waals surface area (Å²) in [6.07, 6.45) is 5.31. The van der Waals surface area contributed by atoms with Crippen LogP contribution in [0.4, 0.5) is 0 Å². The van der Waals surface area contributed by atoms with Crippen LogP contribution in [0.3, 0.4) is 0 Å². The van der Waals surface area contributed by atoms with Crippen molar-refractivity contribution in [2.24, 2.45) is 0 Å². The van der Waals surface area contributed by atoms with Gasteiger partial charge in [0.25, 0.3) is 0 Å². The zero-order valence-corrected chi connectivity index (χ0v) is 18.3. The highest BCUT2D eigenvalue weighted by Gasteiger charge is 2.25. The summed E-state index contributed by atoms with van der Waals surface area (Å²) in [6.45, 7) is 8.98. The van der Waals surface area contributed by atoms with Crippen molar-refractivity contribution in [3.05, 3.63) is 71.8 Å². The first-order valence-corrected chi connectivity index (χ1v) is 11.9. The number of nitrogens with zero attached hydrogens (tertiary/aromatic N) is 2. The van der Waals surface area contributed by atoms with Gasteiger partial charge in [-0.05, 0) is 49.9 Å². The third kappa shape index (κ3) is 6.39. The van der Waals surface area contributed by atoms with E-state index in [1.54, 1.807) is 0 Å². The van der Waals surface area contributed by atoms with E-state index in [0.717, 1.165) is 39.3 Å². The smallest absolute Gasteiger partial charge is 0.0237 e. The lowest BCUT2D eigenvalue weighted by Crippen LogP contribution is -2.42. The van der Waals surface area contributed by atoms with Crippen molar-refractivity contribution < 1.29 is 0 Å². The fourth-order valence-electron chi connectivity index (χ4n) is 5.02. The monoisotopic (exact) mass is 406 g/mol. The van der Waals surface area contributed by atoms with Crippen LogP contribution in [0.25, 0.3) is 0 Å². The molecule has 0 bridgehead atoms. The van der Waals surface area contributed by atoms with Crippen molar-refractivity contribution in [1.82, 2.24) is 20.4 Å². The first kappa shape index (κ1) is 21.5. The van der Waals surface area contributed by atoms with Gasteiger partial charge >= 0.3 is 0 Å². The van der Waals surface area contributed by atoms with E-state index in [2.05, 4.69) is 81.1 Å². The van der Waals surface area contributed by atoms with Crippen molar-refractivity contribution in [1.29, 1.82) is 0 Å². The molecule has 4 rings (SSSR count). The number of nitrogens with one attached hydrogen (secondary N) is 2. The number of hydrogen-bond donors (Lipinski definition) is 2. The van der Waals surface area contributed by atoms with E-state index in [1.807, 2.05) is 0 Å². The average Bonchev–Trinajstić information content (AvgIpc) is 3.41. The maximum Gasteiger partial charge on any atom is 0.0237 e. The highest BCUT2D eigenvalue weighted by atomic mass is 15.2. The van der Waals surface area contributed by atoms with E-state index in [1.165, 1.54) is 49.9 Å². The largest absolute Gasteiger partial charge is 0.314 e. The summed E-state index contributed by atoms with van der Waals surface area (Å²) in [6, 6.07) is 23.2. The molecule has 4 heteroatoms. The normalized spacial score (nSPS) is 22.7. The molecule has 2 fully saturated rings. The molecule has 2 aliphatic heterocycles. The second-order valence-corrected chi connectivity index (χ2v) is 8.91. The standard InChI is InChI=1S/C26H38N4/c1-3-9-23(10-4-1)21-29-17-7-13-25(29)19-27-15-16-28-20-26-14-8-18-30(26)22-24-11-5-2-6-12-24/h1-6,9-12,25-28H,7-8,13-22H2/t25-,26-/m0/s1. The molecule has 4 nitrogen and oxygen atoms in total. The molecular formula is C26H38N4. The average molecular weight is 407 g/mol. The molecule has 2 N–H and O–H groups in total. The van der Waals surface area contributed by atoms with Gasteiger partial charge in [0.15, 0.2) is 0 Å². The number of likely N-dealkylation sites (tertiary alicyclic amines) is 2. The van der Waals surface area contributed by atoms with Crippen molar-refractivity contribution in [3.63, 3.8) is 0 Å². The third-order valence-electron chi connectivity index (χ3n) is 6.69. The van der Waals surface area contributed by atoms with Gasteiger partial charge in [0.2, 0.25) is 0 Å². The Labute approximate surface area is 182 Å². The molecule has 2 atom stereocenters. The molecule has 0 aliphatic carbocycles. The van der Waals surface area contributed by atoms with E-state index in [4.69, 9.17) is 0 Å². The van der Waals surface area contributed by atoms with Crippen molar-refractivity contribution in [2.45, 2.75) is 50.9 Å². The highest BCUT2D eigenvalue weighted by Crippen LogP contribution is 2.20. The molecular weight excluding hydrogens is 368 g/mol. The van der Waals surface area contributed by atoms with Crippen LogP contribution in [0.1, 0.15) is 36.8 Å². The summed E-state index contributed by atoms with van der Waals surface area (Å²) in [5.74, 6) is 0. The predicted octanol–water partition coefficient (Wildman–Crippen LogP) is 3.49. The second-order valence-electron chi connectivity index (χ2n) is 8.91. The summed E-state index contributed by atoms with van der Waals surface area (Å²) in [4.78, 5) is 5.30. The minimum absolute atomic E-state index is 0.682. The van der Waals surface area contributed by atoms with Crippen molar-refractivity contribution in [2.75, 3.05) is 39.3 Å². The molecule has 162 valence electrons. The zero-order valence-electron chi connectivity index (χ0n) is 18.3. The van der Waals surface area contributed by atoms with Crippen LogP contribution in [-0.4, -0.2) is 61.2 Å². The van der Waals surface area contributed by atoms with Gasteiger partial charge in [-0.2, -0.15) is 0 Å². The van der Waals surface area contributed by atoms with Crippen LogP contribution in [0.5, 0.6) is 0 Å². The Kier molecular flexibility index (Phi) is 8.33. The maximum absolute atomic E-state index is 3.70. The van der Waals surface area contributed by atoms with E-state index in [-0.39, 0.29) is 0 Å². The van der Waals surface area contributed by atoms with Crippen LogP contribution in [0, 0.1) is 0 Å². The lowest BCUT2D eigenvalue weighted by atomic mass is 10.2. The molecule has 2 aliphatic rings. The molecule has 0 aromatic heterocycles. The summed E-state index contributed by atoms with van der Waals surface area (Å²) < 4.78 is 0. The van der Waals surface area contributed by atoms with Gasteiger partial charge in [-0.3, -0.25) is 9.80 Å². The van der Waals surface area contributed by atoms with Gasteiger partial charge in [0, 0.05) is 51.4 Å². The lowest BCUT2D eigenvalue weighted by molar-refractivity contribution is 0.234. The quantitative estimate of drug-likeness (QED) is 0.559. The van der Waals surface area contributed by atoms with Crippen LogP contribution in [0.15, 0.2) is 60.7 Å². The first-order chi connectivity index (χ1) is 14.9.